The molecule has 3 heterocycles. The average Bonchev–Trinajstić information content (AvgIpc) is 3.07. The molecule has 1 aromatic carbocycles. The number of urea groups is 1. The fourth-order valence-electron chi connectivity index (χ4n) is 4.15. The second-order valence-electron chi connectivity index (χ2n) is 7.69. The number of anilines is 1. The first-order valence-corrected chi connectivity index (χ1v) is 10.1. The second-order valence-corrected chi connectivity index (χ2v) is 7.69. The van der Waals surface area contributed by atoms with E-state index in [4.69, 9.17) is 4.74 Å². The van der Waals surface area contributed by atoms with Crippen LogP contribution in [0.1, 0.15) is 24.2 Å². The number of aromatic nitrogens is 2. The van der Waals surface area contributed by atoms with Gasteiger partial charge in [0.05, 0.1) is 11.4 Å². The summed E-state index contributed by atoms with van der Waals surface area (Å²) in [4.78, 5) is 17.1. The van der Waals surface area contributed by atoms with E-state index >= 15 is 0 Å². The van der Waals surface area contributed by atoms with Gasteiger partial charge in [0.2, 0.25) is 0 Å². The molecule has 2 aliphatic rings. The summed E-state index contributed by atoms with van der Waals surface area (Å²) in [7, 11) is 0. The molecule has 0 unspecified atom stereocenters. The molecular weight excluding hydrogens is 354 g/mol. The molecule has 0 bridgehead atoms. The summed E-state index contributed by atoms with van der Waals surface area (Å²) < 4.78 is 7.36. The number of benzene rings is 1. The number of rotatable bonds is 3. The van der Waals surface area contributed by atoms with Crippen molar-refractivity contribution in [1.82, 2.24) is 19.6 Å². The highest BCUT2D eigenvalue weighted by atomic mass is 16.5. The van der Waals surface area contributed by atoms with Crippen molar-refractivity contribution < 1.29 is 9.53 Å². The van der Waals surface area contributed by atoms with Crippen molar-refractivity contribution in [2.24, 2.45) is 0 Å². The molecule has 4 rings (SSSR count). The Kier molecular flexibility index (Phi) is 5.64. The maximum atomic E-state index is 12.7. The normalized spacial score (nSPS) is 19.0. The van der Waals surface area contributed by atoms with Gasteiger partial charge in [0, 0.05) is 56.8 Å². The van der Waals surface area contributed by atoms with E-state index in [1.807, 2.05) is 53.8 Å². The van der Waals surface area contributed by atoms with Gasteiger partial charge in [-0.3, -0.25) is 4.90 Å². The fourth-order valence-corrected chi connectivity index (χ4v) is 4.15. The summed E-state index contributed by atoms with van der Waals surface area (Å²) in [5, 5.41) is 7.57. The van der Waals surface area contributed by atoms with Gasteiger partial charge >= 0.3 is 6.03 Å². The zero-order valence-corrected chi connectivity index (χ0v) is 16.7. The zero-order valence-electron chi connectivity index (χ0n) is 16.7. The SMILES string of the molecule is Cc1cc(C)n(-c2cccc(NC(=O)N3CCN(C4CCOCC4)CC3)c2)n1. The highest BCUT2D eigenvalue weighted by Crippen LogP contribution is 2.19. The van der Waals surface area contributed by atoms with Gasteiger partial charge in [0.25, 0.3) is 0 Å². The summed E-state index contributed by atoms with van der Waals surface area (Å²) in [6, 6.07) is 10.5. The number of hydrogen-bond acceptors (Lipinski definition) is 4. The van der Waals surface area contributed by atoms with Gasteiger partial charge < -0.3 is 15.0 Å². The number of carbonyl (C=O) groups excluding carboxylic acids is 1. The number of ether oxygens (including phenoxy) is 1. The van der Waals surface area contributed by atoms with Crippen molar-refractivity contribution in [2.75, 3.05) is 44.7 Å². The molecule has 150 valence electrons. The quantitative estimate of drug-likeness (QED) is 0.885. The van der Waals surface area contributed by atoms with Crippen molar-refractivity contribution in [3.8, 4) is 5.69 Å². The molecule has 2 aliphatic heterocycles. The predicted molar refractivity (Wildman–Crippen MR) is 109 cm³/mol. The molecule has 2 saturated heterocycles. The van der Waals surface area contributed by atoms with Crippen molar-refractivity contribution in [3.63, 3.8) is 0 Å². The van der Waals surface area contributed by atoms with E-state index in [0.29, 0.717) is 6.04 Å². The third-order valence-electron chi connectivity index (χ3n) is 5.66. The lowest BCUT2D eigenvalue weighted by molar-refractivity contribution is 0.0194. The number of nitrogens with zero attached hydrogens (tertiary/aromatic N) is 4. The molecule has 28 heavy (non-hydrogen) atoms. The number of carbonyl (C=O) groups is 1. The molecule has 0 spiro atoms. The molecular formula is C21H29N5O2. The maximum Gasteiger partial charge on any atom is 0.321 e. The Morgan fingerprint density at radius 1 is 1.11 bits per heavy atom. The van der Waals surface area contributed by atoms with Crippen LogP contribution in [-0.2, 0) is 4.74 Å². The van der Waals surface area contributed by atoms with E-state index in [2.05, 4.69) is 15.3 Å². The molecule has 1 aromatic heterocycles. The van der Waals surface area contributed by atoms with E-state index in [1.54, 1.807) is 0 Å². The van der Waals surface area contributed by atoms with Crippen LogP contribution in [0.15, 0.2) is 30.3 Å². The van der Waals surface area contributed by atoms with E-state index < -0.39 is 0 Å². The summed E-state index contributed by atoms with van der Waals surface area (Å²) in [6.07, 6.45) is 2.20. The smallest absolute Gasteiger partial charge is 0.321 e. The highest BCUT2D eigenvalue weighted by Gasteiger charge is 2.27. The minimum atomic E-state index is -0.0304. The van der Waals surface area contributed by atoms with Crippen LogP contribution < -0.4 is 5.32 Å². The summed E-state index contributed by atoms with van der Waals surface area (Å²) in [5.41, 5.74) is 3.80. The van der Waals surface area contributed by atoms with Gasteiger partial charge in [-0.1, -0.05) is 6.07 Å². The van der Waals surface area contributed by atoms with Gasteiger partial charge in [-0.25, -0.2) is 9.48 Å². The molecule has 7 nitrogen and oxygen atoms in total. The first kappa shape index (κ1) is 19.0. The Balaban J connectivity index is 1.35. The molecule has 7 heteroatoms. The van der Waals surface area contributed by atoms with Crippen LogP contribution in [0.25, 0.3) is 5.69 Å². The van der Waals surface area contributed by atoms with Gasteiger partial charge in [0.1, 0.15) is 0 Å². The molecule has 2 aromatic rings. The molecule has 0 aliphatic carbocycles. The third kappa shape index (κ3) is 4.20. The molecule has 0 radical (unpaired) electrons. The minimum absolute atomic E-state index is 0.0304. The number of nitrogens with one attached hydrogen (secondary N) is 1. The standard InChI is InChI=1S/C21H29N5O2/c1-16-14-17(2)26(23-16)20-5-3-4-18(15-20)22-21(27)25-10-8-24(9-11-25)19-6-12-28-13-7-19/h3-5,14-15,19H,6-13H2,1-2H3,(H,22,27). The Morgan fingerprint density at radius 3 is 2.54 bits per heavy atom. The highest BCUT2D eigenvalue weighted by molar-refractivity contribution is 5.89. The predicted octanol–water partition coefficient (Wildman–Crippen LogP) is 2.82. The largest absolute Gasteiger partial charge is 0.381 e. The lowest BCUT2D eigenvalue weighted by Gasteiger charge is -2.40. The zero-order chi connectivity index (χ0) is 19.5. The van der Waals surface area contributed by atoms with E-state index in [9.17, 15) is 4.79 Å². The Bertz CT molecular complexity index is 820. The van der Waals surface area contributed by atoms with E-state index in [1.165, 1.54) is 0 Å². The van der Waals surface area contributed by atoms with Crippen molar-refractivity contribution in [1.29, 1.82) is 0 Å². The lowest BCUT2D eigenvalue weighted by atomic mass is 10.1. The molecule has 0 atom stereocenters. The number of amides is 2. The van der Waals surface area contributed by atoms with Gasteiger partial charge in [-0.15, -0.1) is 0 Å². The van der Waals surface area contributed by atoms with Gasteiger partial charge in [-0.05, 0) is 51.0 Å². The van der Waals surface area contributed by atoms with Crippen molar-refractivity contribution in [2.45, 2.75) is 32.7 Å². The minimum Gasteiger partial charge on any atom is -0.381 e. The monoisotopic (exact) mass is 383 g/mol. The molecule has 1 N–H and O–H groups in total. The summed E-state index contributed by atoms with van der Waals surface area (Å²) in [5.74, 6) is 0. The summed E-state index contributed by atoms with van der Waals surface area (Å²) in [6.45, 7) is 9.13. The van der Waals surface area contributed by atoms with Crippen LogP contribution in [0.2, 0.25) is 0 Å². The van der Waals surface area contributed by atoms with Crippen LogP contribution in [0.5, 0.6) is 0 Å². The van der Waals surface area contributed by atoms with E-state index in [0.717, 1.165) is 75.0 Å². The average molecular weight is 383 g/mol. The molecule has 2 amide bonds. The van der Waals surface area contributed by atoms with Gasteiger partial charge in [0.15, 0.2) is 0 Å². The van der Waals surface area contributed by atoms with Crippen LogP contribution >= 0.6 is 0 Å². The molecule has 2 fully saturated rings. The number of aryl methyl sites for hydroxylation is 2. The third-order valence-corrected chi connectivity index (χ3v) is 5.66. The van der Waals surface area contributed by atoms with Crippen LogP contribution in [-0.4, -0.2) is 71.0 Å². The Hall–Kier alpha value is -2.38. The topological polar surface area (TPSA) is 62.6 Å². The lowest BCUT2D eigenvalue weighted by Crippen LogP contribution is -2.53. The first-order valence-electron chi connectivity index (χ1n) is 10.1. The van der Waals surface area contributed by atoms with Crippen LogP contribution in [0.3, 0.4) is 0 Å². The van der Waals surface area contributed by atoms with Gasteiger partial charge in [-0.2, -0.15) is 5.10 Å². The van der Waals surface area contributed by atoms with Crippen LogP contribution in [0.4, 0.5) is 10.5 Å². The van der Waals surface area contributed by atoms with Crippen molar-refractivity contribution >= 4 is 11.7 Å². The number of hydrogen-bond donors (Lipinski definition) is 1. The second kappa shape index (κ2) is 8.32. The fraction of sp³-hybridized carbons (Fsp3) is 0.524. The first-order chi connectivity index (χ1) is 13.6. The maximum absolute atomic E-state index is 12.7. The van der Waals surface area contributed by atoms with Crippen molar-refractivity contribution in [3.05, 3.63) is 41.7 Å². The van der Waals surface area contributed by atoms with Crippen LogP contribution in [0, 0.1) is 13.8 Å². The Labute approximate surface area is 166 Å². The summed E-state index contributed by atoms with van der Waals surface area (Å²) >= 11 is 0. The number of piperazine rings is 1. The molecule has 0 saturated carbocycles. The Morgan fingerprint density at radius 2 is 1.86 bits per heavy atom. The van der Waals surface area contributed by atoms with E-state index in [-0.39, 0.29) is 6.03 Å².